The molecule has 88 valence electrons. The molecular weight excluding hydrogens is 333 g/mol. The summed E-state index contributed by atoms with van der Waals surface area (Å²) in [6.45, 7) is 0. The molecule has 2 saturated carbocycles. The molecule has 4 atom stereocenters. The molecule has 0 aromatic heterocycles. The molecule has 3 rings (SSSR count). The Morgan fingerprint density at radius 2 is 1.75 bits per heavy atom. The summed E-state index contributed by atoms with van der Waals surface area (Å²) in [4.78, 5) is -2.83. The lowest BCUT2D eigenvalue weighted by atomic mass is 9.88. The standard InChI is InChI=1S/C10H6Cl6/c11-6-3-1-2-5-7(12)4-8(7,13)10(15,16)9(5,6)14/h1-3,6H,4H2. The number of alkyl halides is 6. The van der Waals surface area contributed by atoms with Gasteiger partial charge in [0, 0.05) is 0 Å². The van der Waals surface area contributed by atoms with Crippen molar-refractivity contribution in [2.75, 3.05) is 0 Å². The van der Waals surface area contributed by atoms with Gasteiger partial charge in [0.05, 0.1) is 10.3 Å². The van der Waals surface area contributed by atoms with Crippen molar-refractivity contribution in [1.82, 2.24) is 0 Å². The van der Waals surface area contributed by atoms with Crippen LogP contribution in [-0.2, 0) is 0 Å². The maximum atomic E-state index is 6.53. The number of fused-ring (bicyclic) bond motifs is 3. The van der Waals surface area contributed by atoms with Gasteiger partial charge < -0.3 is 0 Å². The highest BCUT2D eigenvalue weighted by Crippen LogP contribution is 2.82. The SMILES string of the molecule is ClC1C=CC=C2C3(Cl)CC3(Cl)C(Cl)(Cl)C21Cl. The number of hydrogen-bond donors (Lipinski definition) is 0. The molecule has 0 radical (unpaired) electrons. The minimum Gasteiger partial charge on any atom is -0.116 e. The van der Waals surface area contributed by atoms with Gasteiger partial charge in [0.15, 0.2) is 4.33 Å². The molecule has 0 spiro atoms. The Kier molecular flexibility index (Phi) is 2.32. The predicted octanol–water partition coefficient (Wildman–Crippen LogP) is 4.61. The fourth-order valence-electron chi connectivity index (χ4n) is 2.66. The van der Waals surface area contributed by atoms with Crippen molar-refractivity contribution in [2.45, 2.75) is 30.8 Å². The molecule has 0 aliphatic heterocycles. The van der Waals surface area contributed by atoms with Gasteiger partial charge in [0.2, 0.25) is 0 Å². The van der Waals surface area contributed by atoms with Crippen molar-refractivity contribution < 1.29 is 0 Å². The zero-order valence-electron chi connectivity index (χ0n) is 7.78. The van der Waals surface area contributed by atoms with E-state index in [9.17, 15) is 0 Å². The second-order valence-electron chi connectivity index (χ2n) is 4.43. The van der Waals surface area contributed by atoms with Crippen LogP contribution in [0.1, 0.15) is 6.42 Å². The average molecular weight is 339 g/mol. The Bertz CT molecular complexity index is 441. The second kappa shape index (κ2) is 3.03. The van der Waals surface area contributed by atoms with Crippen molar-refractivity contribution >= 4 is 69.6 Å². The summed E-state index contributed by atoms with van der Waals surface area (Å²) in [6.07, 6.45) is 5.87. The minimum atomic E-state index is -1.38. The molecule has 0 bridgehead atoms. The topological polar surface area (TPSA) is 0 Å². The van der Waals surface area contributed by atoms with E-state index in [1.54, 1.807) is 6.08 Å². The Labute approximate surface area is 123 Å². The molecule has 0 N–H and O–H groups in total. The normalized spacial score (nSPS) is 56.6. The van der Waals surface area contributed by atoms with Crippen LogP contribution in [0.15, 0.2) is 23.8 Å². The van der Waals surface area contributed by atoms with Crippen LogP contribution in [0.3, 0.4) is 0 Å². The van der Waals surface area contributed by atoms with Crippen LogP contribution in [0.5, 0.6) is 0 Å². The van der Waals surface area contributed by atoms with Gasteiger partial charge in [0.1, 0.15) is 9.75 Å². The first kappa shape index (κ1) is 12.3. The van der Waals surface area contributed by atoms with E-state index in [1.807, 2.05) is 12.2 Å². The number of hydrogen-bond acceptors (Lipinski definition) is 0. The summed E-state index contributed by atoms with van der Waals surface area (Å²) >= 11 is 38.3. The van der Waals surface area contributed by atoms with Crippen molar-refractivity contribution in [3.05, 3.63) is 23.8 Å². The Hall–Kier alpha value is 1.22. The molecule has 0 aromatic rings. The van der Waals surface area contributed by atoms with Gasteiger partial charge in [-0.3, -0.25) is 0 Å². The molecular formula is C10H6Cl6. The zero-order valence-corrected chi connectivity index (χ0v) is 12.3. The highest BCUT2D eigenvalue weighted by Gasteiger charge is 2.90. The number of rotatable bonds is 0. The second-order valence-corrected chi connectivity index (χ2v) is 8.12. The summed E-state index contributed by atoms with van der Waals surface area (Å²) < 4.78 is -1.38. The van der Waals surface area contributed by atoms with Crippen molar-refractivity contribution in [2.24, 2.45) is 0 Å². The van der Waals surface area contributed by atoms with E-state index in [0.717, 1.165) is 5.57 Å². The van der Waals surface area contributed by atoms with Crippen LogP contribution in [0.2, 0.25) is 0 Å². The third kappa shape index (κ3) is 0.974. The Balaban J connectivity index is 2.27. The molecule has 16 heavy (non-hydrogen) atoms. The Morgan fingerprint density at radius 3 is 2.31 bits per heavy atom. The molecule has 3 aliphatic carbocycles. The molecule has 0 saturated heterocycles. The molecule has 4 unspecified atom stereocenters. The first-order valence-corrected chi connectivity index (χ1v) is 7.02. The first-order chi connectivity index (χ1) is 7.22. The molecule has 0 nitrogen and oxygen atoms in total. The van der Waals surface area contributed by atoms with Gasteiger partial charge in [-0.15, -0.1) is 46.4 Å². The van der Waals surface area contributed by atoms with Crippen molar-refractivity contribution in [3.63, 3.8) is 0 Å². The fraction of sp³-hybridized carbons (Fsp3) is 0.600. The van der Waals surface area contributed by atoms with Crippen molar-refractivity contribution in [1.29, 1.82) is 0 Å². The summed E-state index contributed by atoms with van der Waals surface area (Å²) in [5.41, 5.74) is 0.728. The van der Waals surface area contributed by atoms with Gasteiger partial charge >= 0.3 is 0 Å². The average Bonchev–Trinajstić information content (AvgIpc) is 2.73. The lowest BCUT2D eigenvalue weighted by molar-refractivity contribution is 0.590. The summed E-state index contributed by atoms with van der Waals surface area (Å²) in [5.74, 6) is 0. The third-order valence-corrected chi connectivity index (χ3v) is 8.12. The maximum Gasteiger partial charge on any atom is 0.164 e. The van der Waals surface area contributed by atoms with E-state index in [2.05, 4.69) is 0 Å². The first-order valence-electron chi connectivity index (χ1n) is 4.70. The van der Waals surface area contributed by atoms with E-state index < -0.39 is 24.3 Å². The van der Waals surface area contributed by atoms with Crippen LogP contribution in [0, 0.1) is 0 Å². The number of allylic oxidation sites excluding steroid dienone is 4. The molecule has 0 heterocycles. The third-order valence-electron chi connectivity index (χ3n) is 3.69. The van der Waals surface area contributed by atoms with Gasteiger partial charge in [-0.25, -0.2) is 0 Å². The quantitative estimate of drug-likeness (QED) is 0.566. The highest BCUT2D eigenvalue weighted by atomic mass is 35.5. The zero-order chi connectivity index (χ0) is 12.0. The molecule has 0 amide bonds. The van der Waals surface area contributed by atoms with Crippen LogP contribution in [0.4, 0.5) is 0 Å². The summed E-state index contributed by atoms with van der Waals surface area (Å²) in [6, 6.07) is 0. The molecule has 2 fully saturated rings. The summed E-state index contributed by atoms with van der Waals surface area (Å²) in [5, 5.41) is -0.525. The van der Waals surface area contributed by atoms with Gasteiger partial charge in [-0.05, 0) is 12.0 Å². The summed E-state index contributed by atoms with van der Waals surface area (Å²) in [7, 11) is 0. The maximum absolute atomic E-state index is 6.53. The lowest BCUT2D eigenvalue weighted by Gasteiger charge is -2.40. The van der Waals surface area contributed by atoms with E-state index >= 15 is 0 Å². The fourth-order valence-corrected chi connectivity index (χ4v) is 5.76. The smallest absolute Gasteiger partial charge is 0.116 e. The molecule has 0 aromatic carbocycles. The van der Waals surface area contributed by atoms with Crippen LogP contribution in [-0.4, -0.2) is 24.3 Å². The van der Waals surface area contributed by atoms with Gasteiger partial charge in [-0.1, -0.05) is 41.4 Å². The lowest BCUT2D eigenvalue weighted by Crippen LogP contribution is -2.51. The van der Waals surface area contributed by atoms with Gasteiger partial charge in [-0.2, -0.15) is 0 Å². The molecule has 6 heteroatoms. The number of halogens is 6. The Morgan fingerprint density at radius 1 is 1.12 bits per heavy atom. The van der Waals surface area contributed by atoms with E-state index in [-0.39, 0.29) is 0 Å². The molecule has 3 aliphatic rings. The minimum absolute atomic E-state index is 0.508. The van der Waals surface area contributed by atoms with Crippen LogP contribution in [0.25, 0.3) is 0 Å². The van der Waals surface area contributed by atoms with Gasteiger partial charge in [0.25, 0.3) is 0 Å². The van der Waals surface area contributed by atoms with Crippen LogP contribution >= 0.6 is 69.6 Å². The highest BCUT2D eigenvalue weighted by molar-refractivity contribution is 6.64. The van der Waals surface area contributed by atoms with Crippen molar-refractivity contribution in [3.8, 4) is 0 Å². The monoisotopic (exact) mass is 336 g/mol. The van der Waals surface area contributed by atoms with E-state index in [4.69, 9.17) is 69.6 Å². The van der Waals surface area contributed by atoms with E-state index in [1.165, 1.54) is 0 Å². The predicted molar refractivity (Wildman–Crippen MR) is 71.7 cm³/mol. The van der Waals surface area contributed by atoms with Crippen LogP contribution < -0.4 is 0 Å². The largest absolute Gasteiger partial charge is 0.164 e. The van der Waals surface area contributed by atoms with E-state index in [0.29, 0.717) is 6.42 Å².